The van der Waals surface area contributed by atoms with Crippen LogP contribution in [0.2, 0.25) is 5.02 Å². The van der Waals surface area contributed by atoms with E-state index in [1.54, 1.807) is 16.8 Å². The van der Waals surface area contributed by atoms with Crippen molar-refractivity contribution < 1.29 is 14.3 Å². The van der Waals surface area contributed by atoms with E-state index in [1.807, 2.05) is 45.9 Å². The molecule has 6 nitrogen and oxygen atoms in total. The van der Waals surface area contributed by atoms with Gasteiger partial charge in [0, 0.05) is 36.1 Å². The number of hydrogen-bond acceptors (Lipinski definition) is 3. The number of aromatic nitrogens is 1. The first kappa shape index (κ1) is 19.5. The average molecular weight is 392 g/mol. The van der Waals surface area contributed by atoms with Crippen LogP contribution < -0.4 is 0 Å². The van der Waals surface area contributed by atoms with Crippen molar-refractivity contribution in [1.29, 1.82) is 0 Å². The van der Waals surface area contributed by atoms with Crippen LogP contribution in [0, 0.1) is 6.92 Å². The number of aromatic amines is 1. The Morgan fingerprint density at radius 1 is 1.30 bits per heavy atom. The van der Waals surface area contributed by atoms with Gasteiger partial charge in [-0.25, -0.2) is 4.79 Å². The van der Waals surface area contributed by atoms with Gasteiger partial charge in [-0.2, -0.15) is 0 Å². The first-order valence-corrected chi connectivity index (χ1v) is 9.47. The number of hydrogen-bond donors (Lipinski definition) is 1. The molecule has 1 aromatic heterocycles. The van der Waals surface area contributed by atoms with E-state index in [2.05, 4.69) is 4.98 Å². The molecule has 0 radical (unpaired) electrons. The van der Waals surface area contributed by atoms with Gasteiger partial charge < -0.3 is 19.5 Å². The van der Waals surface area contributed by atoms with Crippen molar-refractivity contribution in [3.05, 3.63) is 34.5 Å². The Hall–Kier alpha value is -2.21. The van der Waals surface area contributed by atoms with Gasteiger partial charge in [-0.1, -0.05) is 11.6 Å². The second-order valence-corrected chi connectivity index (χ2v) is 8.59. The van der Waals surface area contributed by atoms with Crippen LogP contribution in [0.3, 0.4) is 0 Å². The molecular formula is C20H26ClN3O3. The highest BCUT2D eigenvalue weighted by molar-refractivity contribution is 6.31. The largest absolute Gasteiger partial charge is 0.444 e. The number of nitrogens with zero attached hydrogens (tertiary/aromatic N) is 2. The Labute approximate surface area is 164 Å². The molecule has 2 aromatic rings. The lowest BCUT2D eigenvalue weighted by Gasteiger charge is -2.28. The lowest BCUT2D eigenvalue weighted by Crippen LogP contribution is -2.42. The second-order valence-electron chi connectivity index (χ2n) is 8.15. The van der Waals surface area contributed by atoms with Crippen molar-refractivity contribution in [2.75, 3.05) is 20.1 Å². The smallest absolute Gasteiger partial charge is 0.410 e. The fraction of sp³-hybridized carbons (Fsp3) is 0.500. The molecule has 1 fully saturated rings. The van der Waals surface area contributed by atoms with Crippen LogP contribution in [0.1, 0.15) is 43.2 Å². The number of rotatable bonds is 2. The summed E-state index contributed by atoms with van der Waals surface area (Å²) in [6.07, 6.45) is 0.365. The van der Waals surface area contributed by atoms with Crippen LogP contribution in [0.15, 0.2) is 18.2 Å². The van der Waals surface area contributed by atoms with E-state index < -0.39 is 5.60 Å². The third-order valence-corrected chi connectivity index (χ3v) is 5.02. The van der Waals surface area contributed by atoms with Gasteiger partial charge in [-0.05, 0) is 57.9 Å². The molecule has 2 amide bonds. The monoisotopic (exact) mass is 391 g/mol. The number of fused-ring (bicyclic) bond motifs is 1. The average Bonchev–Trinajstić information content (AvgIpc) is 3.18. The quantitative estimate of drug-likeness (QED) is 0.833. The molecular weight excluding hydrogens is 366 g/mol. The van der Waals surface area contributed by atoms with Crippen molar-refractivity contribution in [3.8, 4) is 0 Å². The van der Waals surface area contributed by atoms with Crippen LogP contribution in [0.5, 0.6) is 0 Å². The number of carbonyl (C=O) groups excluding carboxylic acids is 2. The van der Waals surface area contributed by atoms with E-state index in [0.717, 1.165) is 22.9 Å². The fourth-order valence-corrected chi connectivity index (χ4v) is 3.67. The predicted octanol–water partition coefficient (Wildman–Crippen LogP) is 4.21. The van der Waals surface area contributed by atoms with Crippen molar-refractivity contribution >= 4 is 34.5 Å². The summed E-state index contributed by atoms with van der Waals surface area (Å²) in [7, 11) is 1.72. The Balaban J connectivity index is 1.71. The van der Waals surface area contributed by atoms with Crippen molar-refractivity contribution in [2.24, 2.45) is 0 Å². The lowest BCUT2D eigenvalue weighted by molar-refractivity contribution is 0.0226. The third kappa shape index (κ3) is 4.21. The molecule has 1 aliphatic heterocycles. The maximum atomic E-state index is 12.9. The summed E-state index contributed by atoms with van der Waals surface area (Å²) in [5, 5.41) is 1.57. The zero-order chi connectivity index (χ0) is 19.9. The number of nitrogens with one attached hydrogen (secondary N) is 1. The van der Waals surface area contributed by atoms with Crippen LogP contribution in [0.4, 0.5) is 4.79 Å². The van der Waals surface area contributed by atoms with Crippen LogP contribution in [-0.4, -0.2) is 58.6 Å². The number of likely N-dealkylation sites (tertiary alicyclic amines) is 1. The number of benzene rings is 1. The van der Waals surface area contributed by atoms with Crippen LogP contribution >= 0.6 is 11.6 Å². The number of amides is 2. The second kappa shape index (κ2) is 7.08. The number of carbonyl (C=O) groups is 2. The van der Waals surface area contributed by atoms with E-state index in [4.69, 9.17) is 16.3 Å². The Morgan fingerprint density at radius 3 is 2.67 bits per heavy atom. The molecule has 3 rings (SSSR count). The molecule has 7 heteroatoms. The number of aryl methyl sites for hydroxylation is 1. The van der Waals surface area contributed by atoms with E-state index in [0.29, 0.717) is 23.8 Å². The van der Waals surface area contributed by atoms with E-state index in [1.165, 1.54) is 0 Å². The van der Waals surface area contributed by atoms with Gasteiger partial charge in [0.25, 0.3) is 5.91 Å². The van der Waals surface area contributed by atoms with Gasteiger partial charge in [0.2, 0.25) is 0 Å². The van der Waals surface area contributed by atoms with Gasteiger partial charge >= 0.3 is 6.09 Å². The summed E-state index contributed by atoms with van der Waals surface area (Å²) >= 11 is 6.11. The van der Waals surface area contributed by atoms with Gasteiger partial charge in [0.15, 0.2) is 0 Å². The van der Waals surface area contributed by atoms with E-state index >= 15 is 0 Å². The maximum absolute atomic E-state index is 12.9. The standard InChI is InChI=1S/C20H26ClN3O3/c1-12-8-14(21)9-13-10-16(22-17(12)13)18(25)24-7-6-15(11-24)23(5)19(26)27-20(2,3)4/h8-10,15,22H,6-7,11H2,1-5H3. The molecule has 0 saturated carbocycles. The SMILES string of the molecule is Cc1cc(Cl)cc2cc(C(=O)N3CCC(N(C)C(=O)OC(C)(C)C)C3)[nH]c12. The summed E-state index contributed by atoms with van der Waals surface area (Å²) in [6.45, 7) is 8.57. The molecule has 1 N–H and O–H groups in total. The van der Waals surface area contributed by atoms with Gasteiger partial charge in [0.05, 0.1) is 6.04 Å². The first-order valence-electron chi connectivity index (χ1n) is 9.09. The maximum Gasteiger partial charge on any atom is 0.410 e. The summed E-state index contributed by atoms with van der Waals surface area (Å²) in [5.41, 5.74) is 1.92. The van der Waals surface area contributed by atoms with Crippen molar-refractivity contribution in [1.82, 2.24) is 14.8 Å². The fourth-order valence-electron chi connectivity index (χ4n) is 3.39. The lowest BCUT2D eigenvalue weighted by atomic mass is 10.2. The van der Waals surface area contributed by atoms with Gasteiger partial charge in [0.1, 0.15) is 11.3 Å². The zero-order valence-corrected chi connectivity index (χ0v) is 17.2. The van der Waals surface area contributed by atoms with Gasteiger partial charge in [-0.15, -0.1) is 0 Å². The Bertz CT molecular complexity index is 884. The minimum Gasteiger partial charge on any atom is -0.444 e. The highest BCUT2D eigenvalue weighted by atomic mass is 35.5. The molecule has 0 aliphatic carbocycles. The highest BCUT2D eigenvalue weighted by Gasteiger charge is 2.33. The summed E-state index contributed by atoms with van der Waals surface area (Å²) in [4.78, 5) is 31.7. The number of ether oxygens (including phenoxy) is 1. The minimum absolute atomic E-state index is 0.0515. The third-order valence-electron chi connectivity index (χ3n) is 4.80. The summed E-state index contributed by atoms with van der Waals surface area (Å²) in [6, 6.07) is 5.50. The molecule has 0 spiro atoms. The molecule has 1 aromatic carbocycles. The molecule has 2 heterocycles. The molecule has 0 bridgehead atoms. The number of likely N-dealkylation sites (N-methyl/N-ethyl adjacent to an activating group) is 1. The number of halogens is 1. The van der Waals surface area contributed by atoms with Crippen molar-refractivity contribution in [3.63, 3.8) is 0 Å². The van der Waals surface area contributed by atoms with E-state index in [-0.39, 0.29) is 18.0 Å². The molecule has 1 unspecified atom stereocenters. The molecule has 1 saturated heterocycles. The Kier molecular flexibility index (Phi) is 5.12. The number of H-pyrrole nitrogens is 1. The summed E-state index contributed by atoms with van der Waals surface area (Å²) in [5.74, 6) is -0.0678. The first-order chi connectivity index (χ1) is 12.5. The van der Waals surface area contributed by atoms with Crippen LogP contribution in [0.25, 0.3) is 10.9 Å². The van der Waals surface area contributed by atoms with Crippen LogP contribution in [-0.2, 0) is 4.74 Å². The molecule has 146 valence electrons. The van der Waals surface area contributed by atoms with E-state index in [9.17, 15) is 9.59 Å². The molecule has 27 heavy (non-hydrogen) atoms. The molecule has 1 atom stereocenters. The predicted molar refractivity (Wildman–Crippen MR) is 106 cm³/mol. The minimum atomic E-state index is -0.539. The normalized spacial score (nSPS) is 17.4. The molecule has 1 aliphatic rings. The summed E-state index contributed by atoms with van der Waals surface area (Å²) < 4.78 is 5.42. The Morgan fingerprint density at radius 2 is 2.00 bits per heavy atom. The van der Waals surface area contributed by atoms with Gasteiger partial charge in [-0.3, -0.25) is 4.79 Å². The topological polar surface area (TPSA) is 65.6 Å². The van der Waals surface area contributed by atoms with Crippen molar-refractivity contribution in [2.45, 2.75) is 45.8 Å². The highest BCUT2D eigenvalue weighted by Crippen LogP contribution is 2.26. The zero-order valence-electron chi connectivity index (χ0n) is 16.4.